The van der Waals surface area contributed by atoms with Gasteiger partial charge in [-0.2, -0.15) is 18.3 Å². The summed E-state index contributed by atoms with van der Waals surface area (Å²) in [5, 5.41) is 12.7. The number of alkyl halides is 3. The van der Waals surface area contributed by atoms with E-state index in [1.165, 1.54) is 7.05 Å². The predicted molar refractivity (Wildman–Crippen MR) is 46.8 cm³/mol. The molecule has 0 amide bonds. The van der Waals surface area contributed by atoms with Crippen LogP contribution in [-0.2, 0) is 13.2 Å². The van der Waals surface area contributed by atoms with Gasteiger partial charge in [-0.25, -0.2) is 0 Å². The van der Waals surface area contributed by atoms with Crippen LogP contribution in [0.1, 0.15) is 23.9 Å². The zero-order chi connectivity index (χ0) is 11.6. The van der Waals surface area contributed by atoms with Gasteiger partial charge in [0, 0.05) is 7.05 Å². The molecule has 7 heteroatoms. The van der Waals surface area contributed by atoms with E-state index < -0.39 is 18.0 Å². The van der Waals surface area contributed by atoms with Crippen molar-refractivity contribution in [2.75, 3.05) is 6.54 Å². The van der Waals surface area contributed by atoms with Crippen LogP contribution in [0.25, 0.3) is 0 Å². The average Bonchev–Trinajstić information content (AvgIpc) is 2.47. The fraction of sp³-hybridized carbons (Fsp3) is 0.625. The lowest BCUT2D eigenvalue weighted by Gasteiger charge is -2.08. The van der Waals surface area contributed by atoms with Crippen molar-refractivity contribution in [3.05, 3.63) is 17.5 Å². The molecule has 0 saturated carbocycles. The molecule has 0 aliphatic carbocycles. The Hall–Kier alpha value is -1.08. The fourth-order valence-electron chi connectivity index (χ4n) is 1.24. The van der Waals surface area contributed by atoms with Crippen LogP contribution in [0.5, 0.6) is 0 Å². The van der Waals surface area contributed by atoms with E-state index in [1.54, 1.807) is 0 Å². The van der Waals surface area contributed by atoms with Gasteiger partial charge in [-0.05, 0) is 19.0 Å². The van der Waals surface area contributed by atoms with Crippen LogP contribution >= 0.6 is 0 Å². The summed E-state index contributed by atoms with van der Waals surface area (Å²) in [5.74, 6) is 0. The largest absolute Gasteiger partial charge is 0.435 e. The predicted octanol–water partition coefficient (Wildman–Crippen LogP) is 0.821. The minimum atomic E-state index is -4.49. The van der Waals surface area contributed by atoms with Gasteiger partial charge < -0.3 is 10.8 Å². The molecule has 0 unspecified atom stereocenters. The molecule has 0 aromatic carbocycles. The minimum absolute atomic E-state index is 0.118. The number of aliphatic hydroxyl groups is 1. The van der Waals surface area contributed by atoms with Crippen molar-refractivity contribution in [2.24, 2.45) is 12.8 Å². The third-order valence-corrected chi connectivity index (χ3v) is 1.99. The Kier molecular flexibility index (Phi) is 3.35. The molecule has 0 bridgehead atoms. The molecule has 1 atom stereocenters. The first-order valence-corrected chi connectivity index (χ1v) is 4.35. The zero-order valence-corrected chi connectivity index (χ0v) is 8.12. The summed E-state index contributed by atoms with van der Waals surface area (Å²) in [6.45, 7) is 0.202. The second-order valence-corrected chi connectivity index (χ2v) is 3.17. The molecule has 15 heavy (non-hydrogen) atoms. The van der Waals surface area contributed by atoms with Crippen molar-refractivity contribution >= 4 is 0 Å². The summed E-state index contributed by atoms with van der Waals surface area (Å²) < 4.78 is 37.8. The van der Waals surface area contributed by atoms with Gasteiger partial charge in [-0.3, -0.25) is 4.68 Å². The topological polar surface area (TPSA) is 64.1 Å². The first kappa shape index (κ1) is 12.0. The standard InChI is InChI=1S/C8H12F3N3O/c1-14-5(6(15)2-3-12)4-7(13-14)8(9,10)11/h4,6,15H,2-3,12H2,1H3/t6-/m1/s1. The minimum Gasteiger partial charge on any atom is -0.387 e. The van der Waals surface area contributed by atoms with Gasteiger partial charge in [0.25, 0.3) is 0 Å². The first-order valence-electron chi connectivity index (χ1n) is 4.35. The van der Waals surface area contributed by atoms with Gasteiger partial charge in [-0.1, -0.05) is 0 Å². The normalized spacial score (nSPS) is 14.3. The van der Waals surface area contributed by atoms with Crippen LogP contribution in [0.15, 0.2) is 6.07 Å². The molecule has 1 rings (SSSR count). The highest BCUT2D eigenvalue weighted by Crippen LogP contribution is 2.30. The van der Waals surface area contributed by atoms with Gasteiger partial charge in [-0.15, -0.1) is 0 Å². The summed E-state index contributed by atoms with van der Waals surface area (Å²) in [6.07, 6.45) is -5.29. The van der Waals surface area contributed by atoms with Gasteiger partial charge in [0.1, 0.15) is 0 Å². The Balaban J connectivity index is 2.96. The SMILES string of the molecule is Cn1nc(C(F)(F)F)cc1[C@H](O)CCN. The monoisotopic (exact) mass is 223 g/mol. The van der Waals surface area contributed by atoms with E-state index >= 15 is 0 Å². The molecule has 1 heterocycles. The lowest BCUT2D eigenvalue weighted by Crippen LogP contribution is -2.10. The van der Waals surface area contributed by atoms with Crippen LogP contribution in [0.2, 0.25) is 0 Å². The lowest BCUT2D eigenvalue weighted by atomic mass is 10.2. The quantitative estimate of drug-likeness (QED) is 0.797. The van der Waals surface area contributed by atoms with E-state index in [1.807, 2.05) is 0 Å². The second kappa shape index (κ2) is 4.19. The van der Waals surface area contributed by atoms with Crippen molar-refractivity contribution in [3.63, 3.8) is 0 Å². The molecular weight excluding hydrogens is 211 g/mol. The number of nitrogens with zero attached hydrogens (tertiary/aromatic N) is 2. The van der Waals surface area contributed by atoms with Crippen LogP contribution in [-0.4, -0.2) is 21.4 Å². The smallest absolute Gasteiger partial charge is 0.387 e. The number of rotatable bonds is 3. The molecule has 1 aromatic heterocycles. The molecule has 0 fully saturated rings. The van der Waals surface area contributed by atoms with Crippen molar-refractivity contribution < 1.29 is 18.3 Å². The van der Waals surface area contributed by atoms with Crippen molar-refractivity contribution in [3.8, 4) is 0 Å². The number of hydrogen-bond donors (Lipinski definition) is 2. The van der Waals surface area contributed by atoms with Gasteiger partial charge in [0.2, 0.25) is 0 Å². The molecule has 3 N–H and O–H groups in total. The molecule has 0 spiro atoms. The maximum absolute atomic E-state index is 12.2. The van der Waals surface area contributed by atoms with E-state index in [0.717, 1.165) is 10.7 Å². The first-order chi connectivity index (χ1) is 6.86. The number of aryl methyl sites for hydroxylation is 1. The zero-order valence-electron chi connectivity index (χ0n) is 8.12. The molecule has 0 saturated heterocycles. The van der Waals surface area contributed by atoms with Crippen LogP contribution in [0.3, 0.4) is 0 Å². The Labute approximate surface area is 84.5 Å². The molecule has 86 valence electrons. The van der Waals surface area contributed by atoms with E-state index in [4.69, 9.17) is 5.73 Å². The molecule has 4 nitrogen and oxygen atoms in total. The summed E-state index contributed by atoms with van der Waals surface area (Å²) >= 11 is 0. The third-order valence-electron chi connectivity index (χ3n) is 1.99. The second-order valence-electron chi connectivity index (χ2n) is 3.17. The molecule has 0 aliphatic heterocycles. The molecule has 1 aromatic rings. The molecule has 0 radical (unpaired) electrons. The summed E-state index contributed by atoms with van der Waals surface area (Å²) in [6, 6.07) is 0.834. The summed E-state index contributed by atoms with van der Waals surface area (Å²) in [4.78, 5) is 0. The number of hydrogen-bond acceptors (Lipinski definition) is 3. The fourth-order valence-corrected chi connectivity index (χ4v) is 1.24. The maximum atomic E-state index is 12.2. The van der Waals surface area contributed by atoms with E-state index in [9.17, 15) is 18.3 Å². The maximum Gasteiger partial charge on any atom is 0.435 e. The lowest BCUT2D eigenvalue weighted by molar-refractivity contribution is -0.141. The van der Waals surface area contributed by atoms with Crippen LogP contribution in [0.4, 0.5) is 13.2 Å². The highest BCUT2D eigenvalue weighted by Gasteiger charge is 2.35. The van der Waals surface area contributed by atoms with E-state index in [2.05, 4.69) is 5.10 Å². The highest BCUT2D eigenvalue weighted by atomic mass is 19.4. The van der Waals surface area contributed by atoms with E-state index in [-0.39, 0.29) is 18.7 Å². The number of aliphatic hydroxyl groups excluding tert-OH is 1. The number of halogens is 3. The number of aromatic nitrogens is 2. The van der Waals surface area contributed by atoms with E-state index in [0.29, 0.717) is 0 Å². The summed E-state index contributed by atoms with van der Waals surface area (Å²) in [5.41, 5.74) is 4.31. The Morgan fingerprint density at radius 3 is 2.60 bits per heavy atom. The number of nitrogens with two attached hydrogens (primary N) is 1. The average molecular weight is 223 g/mol. The third kappa shape index (κ3) is 2.69. The Morgan fingerprint density at radius 2 is 2.20 bits per heavy atom. The van der Waals surface area contributed by atoms with Crippen LogP contribution < -0.4 is 5.73 Å². The van der Waals surface area contributed by atoms with Gasteiger partial charge in [0.15, 0.2) is 5.69 Å². The van der Waals surface area contributed by atoms with Gasteiger partial charge >= 0.3 is 6.18 Å². The molecule has 0 aliphatic rings. The highest BCUT2D eigenvalue weighted by molar-refractivity contribution is 5.15. The summed E-state index contributed by atoms with van der Waals surface area (Å²) in [7, 11) is 1.35. The Morgan fingerprint density at radius 1 is 1.60 bits per heavy atom. The Bertz CT molecular complexity index is 334. The van der Waals surface area contributed by atoms with Crippen LogP contribution in [0, 0.1) is 0 Å². The van der Waals surface area contributed by atoms with Gasteiger partial charge in [0.05, 0.1) is 11.8 Å². The van der Waals surface area contributed by atoms with Crippen molar-refractivity contribution in [1.82, 2.24) is 9.78 Å². The van der Waals surface area contributed by atoms with Crippen molar-refractivity contribution in [2.45, 2.75) is 18.7 Å². The molecular formula is C8H12F3N3O. The van der Waals surface area contributed by atoms with Crippen molar-refractivity contribution in [1.29, 1.82) is 0 Å².